The van der Waals surface area contributed by atoms with Gasteiger partial charge in [-0.05, 0) is 35.6 Å². The Labute approximate surface area is 119 Å². The topological polar surface area (TPSA) is 55.1 Å². The number of carbonyl (C=O) groups is 1. The molecule has 1 fully saturated rings. The number of amides is 1. The second-order valence-electron chi connectivity index (χ2n) is 5.65. The van der Waals surface area contributed by atoms with Gasteiger partial charge in [0.25, 0.3) is 0 Å². The Balaban J connectivity index is 1.53. The molecule has 0 unspecified atom stereocenters. The lowest BCUT2D eigenvalue weighted by atomic mass is 9.80. The quantitative estimate of drug-likeness (QED) is 0.893. The molecule has 0 aromatic heterocycles. The molecule has 3 heteroatoms. The predicted molar refractivity (Wildman–Crippen MR) is 81.4 cm³/mol. The second-order valence-corrected chi connectivity index (χ2v) is 5.65. The highest BCUT2D eigenvalue weighted by Crippen LogP contribution is 2.25. The zero-order valence-corrected chi connectivity index (χ0v) is 11.5. The highest BCUT2D eigenvalue weighted by Gasteiger charge is 2.31. The number of hydrogen-bond acceptors (Lipinski definition) is 2. The zero-order chi connectivity index (χ0) is 13.9. The summed E-state index contributed by atoms with van der Waals surface area (Å²) in [6.45, 7) is 0.697. The van der Waals surface area contributed by atoms with Gasteiger partial charge in [-0.25, -0.2) is 0 Å². The van der Waals surface area contributed by atoms with Crippen molar-refractivity contribution in [1.29, 1.82) is 0 Å². The number of nitrogens with one attached hydrogen (secondary N) is 1. The standard InChI is InChI=1S/C17H20N2O/c18-16-10-15(11-16)17(20)19-8-7-12-5-6-13-3-1-2-4-14(13)9-12/h1-6,9,15-16H,7-8,10-11,18H2,(H,19,20). The maximum atomic E-state index is 11.8. The Hall–Kier alpha value is -1.87. The van der Waals surface area contributed by atoms with E-state index in [1.165, 1.54) is 16.3 Å². The SMILES string of the molecule is NC1CC(C(=O)NCCc2ccc3ccccc3c2)C1. The van der Waals surface area contributed by atoms with Gasteiger partial charge in [0.1, 0.15) is 0 Å². The Morgan fingerprint density at radius 2 is 1.90 bits per heavy atom. The molecule has 2 aromatic rings. The van der Waals surface area contributed by atoms with E-state index in [1.54, 1.807) is 0 Å². The minimum atomic E-state index is 0.140. The van der Waals surface area contributed by atoms with Gasteiger partial charge in [-0.3, -0.25) is 4.79 Å². The van der Waals surface area contributed by atoms with Crippen molar-refractivity contribution in [1.82, 2.24) is 5.32 Å². The lowest BCUT2D eigenvalue weighted by Crippen LogP contribution is -2.45. The molecule has 0 saturated heterocycles. The van der Waals surface area contributed by atoms with Gasteiger partial charge in [-0.15, -0.1) is 0 Å². The fourth-order valence-electron chi connectivity index (χ4n) is 2.74. The van der Waals surface area contributed by atoms with Crippen molar-refractivity contribution in [3.8, 4) is 0 Å². The summed E-state index contributed by atoms with van der Waals surface area (Å²) in [5, 5.41) is 5.51. The summed E-state index contributed by atoms with van der Waals surface area (Å²) < 4.78 is 0. The van der Waals surface area contributed by atoms with Crippen molar-refractivity contribution in [2.24, 2.45) is 11.7 Å². The average molecular weight is 268 g/mol. The van der Waals surface area contributed by atoms with Crippen LogP contribution in [0.5, 0.6) is 0 Å². The molecule has 0 spiro atoms. The third-order valence-electron chi connectivity index (χ3n) is 4.07. The van der Waals surface area contributed by atoms with Crippen molar-refractivity contribution >= 4 is 16.7 Å². The zero-order valence-electron chi connectivity index (χ0n) is 11.5. The van der Waals surface area contributed by atoms with Crippen LogP contribution in [0.15, 0.2) is 42.5 Å². The molecule has 0 heterocycles. The van der Waals surface area contributed by atoms with Gasteiger partial charge in [0.05, 0.1) is 0 Å². The average Bonchev–Trinajstić information content (AvgIpc) is 2.43. The van der Waals surface area contributed by atoms with E-state index < -0.39 is 0 Å². The van der Waals surface area contributed by atoms with Gasteiger partial charge in [0, 0.05) is 18.5 Å². The second kappa shape index (κ2) is 5.63. The van der Waals surface area contributed by atoms with E-state index in [0.717, 1.165) is 19.3 Å². The first-order chi connectivity index (χ1) is 9.72. The molecule has 0 bridgehead atoms. The molecule has 3 nitrogen and oxygen atoms in total. The van der Waals surface area contributed by atoms with Gasteiger partial charge in [-0.1, -0.05) is 42.5 Å². The largest absolute Gasteiger partial charge is 0.356 e. The molecule has 1 aliphatic rings. The van der Waals surface area contributed by atoms with Crippen LogP contribution in [0, 0.1) is 5.92 Å². The number of carbonyl (C=O) groups excluding carboxylic acids is 1. The van der Waals surface area contributed by atoms with E-state index in [1.807, 2.05) is 12.1 Å². The molecule has 1 amide bonds. The summed E-state index contributed by atoms with van der Waals surface area (Å²) in [5.74, 6) is 0.300. The predicted octanol–water partition coefficient (Wildman–Crippen LogP) is 2.24. The normalized spacial score (nSPS) is 21.4. The molecule has 0 aliphatic heterocycles. The third-order valence-corrected chi connectivity index (χ3v) is 4.07. The smallest absolute Gasteiger partial charge is 0.223 e. The van der Waals surface area contributed by atoms with Crippen LogP contribution in [0.2, 0.25) is 0 Å². The van der Waals surface area contributed by atoms with Crippen molar-refractivity contribution < 1.29 is 4.79 Å². The maximum Gasteiger partial charge on any atom is 0.223 e. The van der Waals surface area contributed by atoms with Crippen LogP contribution >= 0.6 is 0 Å². The first-order valence-corrected chi connectivity index (χ1v) is 7.23. The summed E-state index contributed by atoms with van der Waals surface area (Å²) in [4.78, 5) is 11.8. The van der Waals surface area contributed by atoms with Crippen LogP contribution in [-0.2, 0) is 11.2 Å². The summed E-state index contributed by atoms with van der Waals surface area (Å²) in [7, 11) is 0. The molecule has 0 radical (unpaired) electrons. The van der Waals surface area contributed by atoms with E-state index in [-0.39, 0.29) is 17.9 Å². The molecule has 1 aliphatic carbocycles. The lowest BCUT2D eigenvalue weighted by Gasteiger charge is -2.31. The van der Waals surface area contributed by atoms with Gasteiger partial charge in [0.15, 0.2) is 0 Å². The summed E-state index contributed by atoms with van der Waals surface area (Å²) in [5.41, 5.74) is 6.96. The van der Waals surface area contributed by atoms with E-state index in [2.05, 4.69) is 35.6 Å². The van der Waals surface area contributed by atoms with Gasteiger partial charge >= 0.3 is 0 Å². The Kier molecular flexibility index (Phi) is 3.70. The molecule has 3 N–H and O–H groups in total. The molecule has 3 rings (SSSR count). The number of hydrogen-bond donors (Lipinski definition) is 2. The van der Waals surface area contributed by atoms with Crippen molar-refractivity contribution in [2.75, 3.05) is 6.54 Å². The number of fused-ring (bicyclic) bond motifs is 1. The van der Waals surface area contributed by atoms with E-state index >= 15 is 0 Å². The van der Waals surface area contributed by atoms with Gasteiger partial charge < -0.3 is 11.1 Å². The molecule has 20 heavy (non-hydrogen) atoms. The minimum absolute atomic E-state index is 0.140. The van der Waals surface area contributed by atoms with Crippen LogP contribution in [0.4, 0.5) is 0 Å². The van der Waals surface area contributed by atoms with Crippen LogP contribution in [0.25, 0.3) is 10.8 Å². The van der Waals surface area contributed by atoms with Crippen molar-refractivity contribution in [3.63, 3.8) is 0 Å². The highest BCUT2D eigenvalue weighted by molar-refractivity contribution is 5.83. The maximum absolute atomic E-state index is 11.8. The van der Waals surface area contributed by atoms with Crippen molar-refractivity contribution in [3.05, 3.63) is 48.0 Å². The number of nitrogens with two attached hydrogens (primary N) is 1. The Morgan fingerprint density at radius 3 is 2.65 bits per heavy atom. The van der Waals surface area contributed by atoms with Crippen LogP contribution in [0.1, 0.15) is 18.4 Å². The van der Waals surface area contributed by atoms with E-state index in [0.29, 0.717) is 6.54 Å². The fourth-order valence-corrected chi connectivity index (χ4v) is 2.74. The van der Waals surface area contributed by atoms with Crippen LogP contribution < -0.4 is 11.1 Å². The van der Waals surface area contributed by atoms with E-state index in [4.69, 9.17) is 5.73 Å². The monoisotopic (exact) mass is 268 g/mol. The molecule has 1 saturated carbocycles. The van der Waals surface area contributed by atoms with E-state index in [9.17, 15) is 4.79 Å². The minimum Gasteiger partial charge on any atom is -0.356 e. The summed E-state index contributed by atoms with van der Waals surface area (Å²) in [6, 6.07) is 15.0. The summed E-state index contributed by atoms with van der Waals surface area (Å²) in [6.07, 6.45) is 2.54. The van der Waals surface area contributed by atoms with Crippen LogP contribution in [0.3, 0.4) is 0 Å². The van der Waals surface area contributed by atoms with Gasteiger partial charge in [-0.2, -0.15) is 0 Å². The molecular weight excluding hydrogens is 248 g/mol. The molecule has 2 aromatic carbocycles. The number of benzene rings is 2. The first-order valence-electron chi connectivity index (χ1n) is 7.23. The Morgan fingerprint density at radius 1 is 1.15 bits per heavy atom. The Bertz CT molecular complexity index is 617. The highest BCUT2D eigenvalue weighted by atomic mass is 16.1. The first kappa shape index (κ1) is 13.1. The third kappa shape index (κ3) is 2.83. The lowest BCUT2D eigenvalue weighted by molar-refractivity contribution is -0.127. The molecular formula is C17H20N2O. The number of rotatable bonds is 4. The van der Waals surface area contributed by atoms with Gasteiger partial charge in [0.2, 0.25) is 5.91 Å². The van der Waals surface area contributed by atoms with Crippen molar-refractivity contribution in [2.45, 2.75) is 25.3 Å². The molecule has 104 valence electrons. The fraction of sp³-hybridized carbons (Fsp3) is 0.353. The molecule has 0 atom stereocenters. The summed E-state index contributed by atoms with van der Waals surface area (Å²) >= 11 is 0. The van der Waals surface area contributed by atoms with Crippen LogP contribution in [-0.4, -0.2) is 18.5 Å².